The molecule has 0 N–H and O–H groups in total. The molecule has 0 nitrogen and oxygen atoms in total. The van der Waals surface area contributed by atoms with Crippen molar-refractivity contribution in [1.82, 2.24) is 0 Å². The van der Waals surface area contributed by atoms with Gasteiger partial charge < -0.3 is 24.8 Å². The molecule has 2 aliphatic rings. The Morgan fingerprint density at radius 3 is 2.07 bits per heavy atom. The molecule has 1 saturated carbocycles. The Hall–Kier alpha value is 0.0831. The van der Waals surface area contributed by atoms with Crippen molar-refractivity contribution in [1.29, 1.82) is 0 Å². The van der Waals surface area contributed by atoms with Crippen molar-refractivity contribution in [3.8, 4) is 11.1 Å². The number of hydrogen-bond acceptors (Lipinski definition) is 0. The van der Waals surface area contributed by atoms with Gasteiger partial charge in [0.05, 0.1) is 0 Å². The molecular weight excluding hydrogens is 622 g/mol. The SMILES string of the molecule is Brc1[c-]c2c(cc1)-c1ccc(Br)cc1C2.[Cl-].[Cl-].[Zr+2]=[C]1CCCCCC1.c1cc[cH-]c1. The van der Waals surface area contributed by atoms with E-state index in [1.807, 2.05) is 33.5 Å². The predicted octanol–water partition coefficient (Wildman–Crippen LogP) is 2.06. The molecule has 3 aromatic carbocycles. The number of benzene rings is 2. The van der Waals surface area contributed by atoms with Gasteiger partial charge in [-0.15, -0.1) is 11.1 Å². The summed E-state index contributed by atoms with van der Waals surface area (Å²) >= 11 is 8.66. The molecule has 0 aliphatic heterocycles. The Bertz CT molecular complexity index is 831. The van der Waals surface area contributed by atoms with Crippen LogP contribution in [0.15, 0.2) is 69.6 Å². The van der Waals surface area contributed by atoms with Gasteiger partial charge in [0.2, 0.25) is 0 Å². The van der Waals surface area contributed by atoms with E-state index in [0.29, 0.717) is 0 Å². The minimum atomic E-state index is 0. The Morgan fingerprint density at radius 2 is 1.47 bits per heavy atom. The maximum atomic E-state index is 3.50. The fraction of sp³-hybridized carbons (Fsp3) is 0.280. The van der Waals surface area contributed by atoms with E-state index in [4.69, 9.17) is 0 Å². The second-order valence-electron chi connectivity index (χ2n) is 7.16. The van der Waals surface area contributed by atoms with Crippen molar-refractivity contribution in [2.45, 2.75) is 44.9 Å². The maximum Gasteiger partial charge on any atom is -0.172 e. The summed E-state index contributed by atoms with van der Waals surface area (Å²) in [5.74, 6) is 0. The van der Waals surface area contributed by atoms with Crippen LogP contribution >= 0.6 is 31.9 Å². The standard InChI is InChI=1S/C13H7Br2.C7H12.C5H5.2ClH.Zr/c14-10-1-3-12-8(6-10)5-9-7-11(15)2-4-13(9)12;1-2-4-6-7-5-3-1;1-2-4-5-3-1;;;/h1-4,6H,5H2;1-6H2;1-5H;2*1H;/q-1;;-1;;;+2/p-2. The van der Waals surface area contributed by atoms with Gasteiger partial charge in [0.15, 0.2) is 0 Å². The third-order valence-electron chi connectivity index (χ3n) is 4.98. The Balaban J connectivity index is 0.000000255. The normalized spacial score (nSPS) is 13.7. The molecule has 0 spiro atoms. The van der Waals surface area contributed by atoms with Gasteiger partial charge in [-0.3, -0.25) is 0 Å². The quantitative estimate of drug-likeness (QED) is 0.203. The van der Waals surface area contributed by atoms with Crippen molar-refractivity contribution in [3.05, 3.63) is 86.8 Å². The largest absolute Gasteiger partial charge is 0.214 e. The molecule has 3 aromatic rings. The van der Waals surface area contributed by atoms with E-state index in [9.17, 15) is 0 Å². The summed E-state index contributed by atoms with van der Waals surface area (Å²) in [6.07, 6.45) is 9.79. The van der Waals surface area contributed by atoms with Crippen LogP contribution in [0.2, 0.25) is 0 Å². The third kappa shape index (κ3) is 8.91. The fourth-order valence-corrected chi connectivity index (χ4v) is 5.19. The van der Waals surface area contributed by atoms with Crippen LogP contribution in [0.5, 0.6) is 0 Å². The predicted molar refractivity (Wildman–Crippen MR) is 124 cm³/mol. The second kappa shape index (κ2) is 15.0. The maximum absolute atomic E-state index is 3.50. The number of halogens is 4. The minimum absolute atomic E-state index is 0. The van der Waals surface area contributed by atoms with Gasteiger partial charge >= 0.3 is 66.0 Å². The number of fused-ring (bicyclic) bond motifs is 3. The Kier molecular flexibility index (Phi) is 14.1. The smallest absolute Gasteiger partial charge is 0.172 e. The number of rotatable bonds is 0. The average Bonchev–Trinajstić information content (AvgIpc) is 3.30. The summed E-state index contributed by atoms with van der Waals surface area (Å²) in [7, 11) is 0. The fourth-order valence-electron chi connectivity index (χ4n) is 3.54. The molecule has 1 fully saturated rings. The molecule has 0 atom stereocenters. The van der Waals surface area contributed by atoms with Gasteiger partial charge in [-0.2, -0.15) is 36.4 Å². The van der Waals surface area contributed by atoms with Gasteiger partial charge in [-0.25, -0.2) is 12.1 Å². The van der Waals surface area contributed by atoms with Crippen molar-refractivity contribution >= 4 is 35.1 Å². The van der Waals surface area contributed by atoms with E-state index < -0.39 is 0 Å². The van der Waals surface area contributed by atoms with Gasteiger partial charge in [-0.05, 0) is 24.1 Å². The first-order valence-electron chi connectivity index (χ1n) is 9.86. The van der Waals surface area contributed by atoms with Crippen LogP contribution < -0.4 is 24.8 Å². The molecule has 0 amide bonds. The zero-order chi connectivity index (χ0) is 19.8. The minimum Gasteiger partial charge on any atom is -0.214 e. The molecule has 5 heteroatoms. The Labute approximate surface area is 225 Å². The van der Waals surface area contributed by atoms with E-state index in [1.54, 1.807) is 24.2 Å². The van der Waals surface area contributed by atoms with Crippen LogP contribution in [0.1, 0.15) is 49.7 Å². The van der Waals surface area contributed by atoms with E-state index in [0.717, 1.165) is 15.4 Å². The third-order valence-corrected chi connectivity index (χ3v) is 7.16. The van der Waals surface area contributed by atoms with Crippen molar-refractivity contribution in [2.75, 3.05) is 0 Å². The van der Waals surface area contributed by atoms with E-state index in [2.05, 4.69) is 68.3 Å². The van der Waals surface area contributed by atoms with Crippen LogP contribution in [0.25, 0.3) is 11.1 Å². The molecule has 0 aromatic heterocycles. The molecule has 0 bridgehead atoms. The van der Waals surface area contributed by atoms with Crippen LogP contribution in [-0.2, 0) is 30.7 Å². The zero-order valence-corrected chi connectivity index (χ0v) is 23.9. The summed E-state index contributed by atoms with van der Waals surface area (Å²) < 4.78 is 4.00. The number of hydrogen-bond donors (Lipinski definition) is 0. The van der Waals surface area contributed by atoms with Crippen LogP contribution in [0.3, 0.4) is 0 Å². The van der Waals surface area contributed by atoms with Crippen LogP contribution in [-0.4, -0.2) is 3.21 Å². The first-order chi connectivity index (χ1) is 13.6. The van der Waals surface area contributed by atoms with Crippen molar-refractivity contribution in [3.63, 3.8) is 0 Å². The van der Waals surface area contributed by atoms with Crippen molar-refractivity contribution in [2.24, 2.45) is 0 Å². The first kappa shape index (κ1) is 28.1. The summed E-state index contributed by atoms with van der Waals surface area (Å²) in [5, 5.41) is 0. The summed E-state index contributed by atoms with van der Waals surface area (Å²) in [4.78, 5) is 0. The van der Waals surface area contributed by atoms with Crippen LogP contribution in [0, 0.1) is 6.07 Å². The van der Waals surface area contributed by atoms with Crippen molar-refractivity contribution < 1.29 is 49.0 Å². The molecule has 5 rings (SSSR count). The molecule has 0 saturated heterocycles. The first-order valence-corrected chi connectivity index (χ1v) is 12.7. The second-order valence-corrected chi connectivity index (χ2v) is 10.7. The molecule has 30 heavy (non-hydrogen) atoms. The molecule has 158 valence electrons. The average molecular weight is 646 g/mol. The van der Waals surface area contributed by atoms with Crippen LogP contribution in [0.4, 0.5) is 0 Å². The molecule has 0 radical (unpaired) electrons. The van der Waals surface area contributed by atoms with Gasteiger partial charge in [0.25, 0.3) is 0 Å². The Morgan fingerprint density at radius 1 is 0.833 bits per heavy atom. The molecule has 0 heterocycles. The van der Waals surface area contributed by atoms with Gasteiger partial charge in [-0.1, -0.05) is 48.0 Å². The zero-order valence-electron chi connectivity index (χ0n) is 16.7. The monoisotopic (exact) mass is 642 g/mol. The summed E-state index contributed by atoms with van der Waals surface area (Å²) in [6.45, 7) is 0. The van der Waals surface area contributed by atoms with E-state index in [1.165, 1.54) is 60.8 Å². The van der Waals surface area contributed by atoms with Gasteiger partial charge in [0.1, 0.15) is 0 Å². The topological polar surface area (TPSA) is 0 Å². The summed E-state index contributed by atoms with van der Waals surface area (Å²) in [5.41, 5.74) is 5.34. The van der Waals surface area contributed by atoms with E-state index in [-0.39, 0.29) is 24.8 Å². The molecule has 2 aliphatic carbocycles. The molecule has 0 unspecified atom stereocenters. The van der Waals surface area contributed by atoms with E-state index >= 15 is 0 Å². The van der Waals surface area contributed by atoms with Gasteiger partial charge in [0, 0.05) is 4.47 Å². The molecular formula is C25H24Br2Cl2Zr-2. The summed E-state index contributed by atoms with van der Waals surface area (Å²) in [6, 6.07) is 24.0.